The fraction of sp³-hybridized carbons (Fsp3) is 0.238. The third kappa shape index (κ3) is 3.22. The second kappa shape index (κ2) is 7.59. The summed E-state index contributed by atoms with van der Waals surface area (Å²) in [6, 6.07) is 15.2. The normalized spacial score (nSPS) is 12.4. The van der Waals surface area contributed by atoms with Gasteiger partial charge in [0.15, 0.2) is 11.4 Å². The number of Topliss-reactive ketones (excluding diaryl/α,β-unsaturated/α-hetero) is 1. The second-order valence-corrected chi connectivity index (χ2v) is 7.69. The van der Waals surface area contributed by atoms with E-state index in [4.69, 9.17) is 9.72 Å². The van der Waals surface area contributed by atoms with Crippen molar-refractivity contribution in [1.82, 2.24) is 19.7 Å². The number of aromatic nitrogens is 4. The Bertz CT molecular complexity index is 1150. The molecule has 0 aliphatic heterocycles. The van der Waals surface area contributed by atoms with E-state index in [1.807, 2.05) is 25.1 Å². The standard InChI is InChI=1S/C21H20N4O2S/c1-4-25-17-8-6-5-7-16(17)18-20(25)22-21(24-23-18)28-13(2)19(26)14-9-11-15(27-3)12-10-14/h5-13H,4H2,1-3H3/t13-/m0/s1. The molecule has 0 saturated carbocycles. The minimum absolute atomic E-state index is 0.0207. The minimum Gasteiger partial charge on any atom is -0.497 e. The molecule has 1 atom stereocenters. The summed E-state index contributed by atoms with van der Waals surface area (Å²) >= 11 is 1.32. The van der Waals surface area contributed by atoms with E-state index < -0.39 is 0 Å². The number of hydrogen-bond acceptors (Lipinski definition) is 6. The van der Waals surface area contributed by atoms with Crippen molar-refractivity contribution in [2.75, 3.05) is 7.11 Å². The number of carbonyl (C=O) groups excluding carboxylic acids is 1. The molecule has 0 fully saturated rings. The van der Waals surface area contributed by atoms with E-state index in [-0.39, 0.29) is 11.0 Å². The van der Waals surface area contributed by atoms with Crippen molar-refractivity contribution < 1.29 is 9.53 Å². The van der Waals surface area contributed by atoms with Gasteiger partial charge in [0, 0.05) is 17.5 Å². The van der Waals surface area contributed by atoms with Crippen molar-refractivity contribution in [2.24, 2.45) is 0 Å². The van der Waals surface area contributed by atoms with E-state index >= 15 is 0 Å². The van der Waals surface area contributed by atoms with Gasteiger partial charge in [-0.25, -0.2) is 4.98 Å². The molecule has 0 aliphatic carbocycles. The van der Waals surface area contributed by atoms with Gasteiger partial charge in [-0.2, -0.15) is 0 Å². The molecule has 142 valence electrons. The number of nitrogens with zero attached hydrogens (tertiary/aromatic N) is 4. The summed E-state index contributed by atoms with van der Waals surface area (Å²) in [5, 5.41) is 9.88. The Balaban J connectivity index is 1.63. The molecule has 0 radical (unpaired) electrons. The predicted octanol–water partition coefficient (Wildman–Crippen LogP) is 4.37. The molecule has 0 spiro atoms. The lowest BCUT2D eigenvalue weighted by Gasteiger charge is -2.10. The minimum atomic E-state index is -0.327. The molecule has 4 rings (SSSR count). The number of carbonyl (C=O) groups is 1. The van der Waals surface area contributed by atoms with Crippen LogP contribution in [0, 0.1) is 0 Å². The maximum absolute atomic E-state index is 12.7. The summed E-state index contributed by atoms with van der Waals surface area (Å²) < 4.78 is 7.27. The zero-order valence-corrected chi connectivity index (χ0v) is 16.7. The van der Waals surface area contributed by atoms with Gasteiger partial charge in [-0.3, -0.25) is 4.79 Å². The smallest absolute Gasteiger partial charge is 0.211 e. The SMILES string of the molecule is CCn1c2ccccc2c2nnc(S[C@@H](C)C(=O)c3ccc(OC)cc3)nc21. The fourth-order valence-corrected chi connectivity index (χ4v) is 4.05. The first-order valence-corrected chi connectivity index (χ1v) is 9.97. The van der Waals surface area contributed by atoms with Gasteiger partial charge in [-0.15, -0.1) is 10.2 Å². The average molecular weight is 392 g/mol. The Morgan fingerprint density at radius 1 is 1.14 bits per heavy atom. The topological polar surface area (TPSA) is 69.9 Å². The molecular weight excluding hydrogens is 372 g/mol. The summed E-state index contributed by atoms with van der Waals surface area (Å²) in [7, 11) is 1.60. The molecule has 2 heterocycles. The number of methoxy groups -OCH3 is 1. The van der Waals surface area contributed by atoms with Crippen LogP contribution < -0.4 is 4.74 Å². The van der Waals surface area contributed by atoms with Crippen molar-refractivity contribution >= 4 is 39.6 Å². The van der Waals surface area contributed by atoms with Crippen LogP contribution in [-0.4, -0.2) is 37.9 Å². The fourth-order valence-electron chi connectivity index (χ4n) is 3.26. The first kappa shape index (κ1) is 18.4. The summed E-state index contributed by atoms with van der Waals surface area (Å²) in [4.78, 5) is 17.4. The Labute approximate surface area is 166 Å². The number of rotatable bonds is 6. The highest BCUT2D eigenvalue weighted by atomic mass is 32.2. The van der Waals surface area contributed by atoms with Crippen molar-refractivity contribution in [3.8, 4) is 5.75 Å². The summed E-state index contributed by atoms with van der Waals surface area (Å²) in [6.45, 7) is 4.73. The number of thioether (sulfide) groups is 1. The molecule has 2 aromatic heterocycles. The van der Waals surface area contributed by atoms with Crippen LogP contribution in [0.3, 0.4) is 0 Å². The molecule has 0 saturated heterocycles. The van der Waals surface area contributed by atoms with Crippen LogP contribution in [0.1, 0.15) is 24.2 Å². The van der Waals surface area contributed by atoms with Gasteiger partial charge in [-0.1, -0.05) is 30.0 Å². The first-order valence-electron chi connectivity index (χ1n) is 9.09. The molecule has 0 unspecified atom stereocenters. The average Bonchev–Trinajstić information content (AvgIpc) is 3.06. The number of ketones is 1. The molecule has 0 bridgehead atoms. The molecule has 0 N–H and O–H groups in total. The van der Waals surface area contributed by atoms with Gasteiger partial charge in [0.1, 0.15) is 11.3 Å². The van der Waals surface area contributed by atoms with Crippen LogP contribution in [0.2, 0.25) is 0 Å². The van der Waals surface area contributed by atoms with Crippen molar-refractivity contribution in [2.45, 2.75) is 30.8 Å². The van der Waals surface area contributed by atoms with E-state index in [9.17, 15) is 4.79 Å². The molecule has 28 heavy (non-hydrogen) atoms. The van der Waals surface area contributed by atoms with Gasteiger partial charge in [0.25, 0.3) is 0 Å². The summed E-state index contributed by atoms with van der Waals surface area (Å²) in [5.74, 6) is 0.745. The van der Waals surface area contributed by atoms with E-state index in [0.717, 1.165) is 34.4 Å². The van der Waals surface area contributed by atoms with Gasteiger partial charge in [0.2, 0.25) is 5.16 Å². The second-order valence-electron chi connectivity index (χ2n) is 6.38. The number of aryl methyl sites for hydroxylation is 1. The van der Waals surface area contributed by atoms with Gasteiger partial charge >= 0.3 is 0 Å². The third-order valence-corrected chi connectivity index (χ3v) is 5.65. The van der Waals surface area contributed by atoms with Crippen LogP contribution in [0.4, 0.5) is 0 Å². The predicted molar refractivity (Wildman–Crippen MR) is 111 cm³/mol. The van der Waals surface area contributed by atoms with E-state index in [2.05, 4.69) is 27.8 Å². The van der Waals surface area contributed by atoms with Crippen LogP contribution in [0.15, 0.2) is 53.7 Å². The lowest BCUT2D eigenvalue weighted by atomic mass is 10.1. The quantitative estimate of drug-likeness (QED) is 0.358. The molecule has 0 amide bonds. The number of para-hydroxylation sites is 1. The highest BCUT2D eigenvalue weighted by Crippen LogP contribution is 2.29. The molecule has 4 aromatic rings. The van der Waals surface area contributed by atoms with Crippen LogP contribution >= 0.6 is 11.8 Å². The molecule has 2 aromatic carbocycles. The zero-order chi connectivity index (χ0) is 19.7. The molecule has 6 nitrogen and oxygen atoms in total. The van der Waals surface area contributed by atoms with Crippen molar-refractivity contribution in [1.29, 1.82) is 0 Å². The Morgan fingerprint density at radius 3 is 2.61 bits per heavy atom. The van der Waals surface area contributed by atoms with Crippen LogP contribution in [-0.2, 0) is 6.54 Å². The first-order chi connectivity index (χ1) is 13.6. The number of ether oxygens (including phenoxy) is 1. The largest absolute Gasteiger partial charge is 0.497 e. The van der Waals surface area contributed by atoms with Crippen LogP contribution in [0.25, 0.3) is 22.1 Å². The highest BCUT2D eigenvalue weighted by molar-refractivity contribution is 8.00. The van der Waals surface area contributed by atoms with Gasteiger partial charge in [0.05, 0.1) is 17.9 Å². The van der Waals surface area contributed by atoms with Gasteiger partial charge in [-0.05, 0) is 44.2 Å². The monoisotopic (exact) mass is 392 g/mol. The lowest BCUT2D eigenvalue weighted by Crippen LogP contribution is -2.14. The van der Waals surface area contributed by atoms with Crippen molar-refractivity contribution in [3.05, 3.63) is 54.1 Å². The number of benzene rings is 2. The maximum atomic E-state index is 12.7. The van der Waals surface area contributed by atoms with E-state index in [1.165, 1.54) is 11.8 Å². The Kier molecular flexibility index (Phi) is 5.00. The molecule has 7 heteroatoms. The van der Waals surface area contributed by atoms with E-state index in [0.29, 0.717) is 10.7 Å². The van der Waals surface area contributed by atoms with E-state index in [1.54, 1.807) is 31.4 Å². The lowest BCUT2D eigenvalue weighted by molar-refractivity contribution is 0.0994. The number of hydrogen-bond donors (Lipinski definition) is 0. The molecular formula is C21H20N4O2S. The van der Waals surface area contributed by atoms with Crippen LogP contribution in [0.5, 0.6) is 5.75 Å². The number of fused-ring (bicyclic) bond motifs is 3. The summed E-state index contributed by atoms with van der Waals surface area (Å²) in [5.41, 5.74) is 3.31. The zero-order valence-electron chi connectivity index (χ0n) is 15.9. The molecule has 0 aliphatic rings. The summed E-state index contributed by atoms with van der Waals surface area (Å²) in [6.07, 6.45) is 0. The third-order valence-electron chi connectivity index (χ3n) is 4.70. The van der Waals surface area contributed by atoms with Crippen molar-refractivity contribution in [3.63, 3.8) is 0 Å². The Hall–Kier alpha value is -2.93. The van der Waals surface area contributed by atoms with Gasteiger partial charge < -0.3 is 9.30 Å². The highest BCUT2D eigenvalue weighted by Gasteiger charge is 2.20. The maximum Gasteiger partial charge on any atom is 0.211 e. The Morgan fingerprint density at radius 2 is 1.89 bits per heavy atom.